The molecule has 0 rings (SSSR count). The zero-order valence-electron chi connectivity index (χ0n) is 20.3. The molecule has 0 radical (unpaired) electrons. The van der Waals surface area contributed by atoms with Crippen molar-refractivity contribution in [3.05, 3.63) is 48.5 Å². The zero-order valence-corrected chi connectivity index (χ0v) is 20.3. The average Bonchev–Trinajstić information content (AvgIpc) is 2.75. The van der Waals surface area contributed by atoms with E-state index in [1.165, 1.54) is 57.8 Å². The van der Waals surface area contributed by atoms with E-state index in [-0.39, 0.29) is 0 Å². The van der Waals surface area contributed by atoms with Crippen molar-refractivity contribution in [1.29, 1.82) is 0 Å². The summed E-state index contributed by atoms with van der Waals surface area (Å²) in [7, 11) is 0. The van der Waals surface area contributed by atoms with Gasteiger partial charge in [-0.1, -0.05) is 102 Å². The SMILES string of the molecule is CCC=CC=COC(=CC=CCCCCCCCC(=O)O)CCCCCCCCCC. The summed E-state index contributed by atoms with van der Waals surface area (Å²) in [6.07, 6.45) is 33.6. The first-order valence-corrected chi connectivity index (χ1v) is 12.8. The highest BCUT2D eigenvalue weighted by Crippen LogP contribution is 2.15. The predicted molar refractivity (Wildman–Crippen MR) is 134 cm³/mol. The third-order valence-electron chi connectivity index (χ3n) is 5.24. The van der Waals surface area contributed by atoms with Crippen molar-refractivity contribution in [2.45, 2.75) is 123 Å². The lowest BCUT2D eigenvalue weighted by molar-refractivity contribution is -0.137. The van der Waals surface area contributed by atoms with Gasteiger partial charge in [-0.2, -0.15) is 0 Å². The molecule has 0 aromatic rings. The van der Waals surface area contributed by atoms with Crippen molar-refractivity contribution < 1.29 is 14.6 Å². The van der Waals surface area contributed by atoms with Crippen LogP contribution in [0.5, 0.6) is 0 Å². The van der Waals surface area contributed by atoms with Crippen molar-refractivity contribution >= 4 is 5.97 Å². The number of hydrogen-bond donors (Lipinski definition) is 1. The molecule has 0 aliphatic rings. The summed E-state index contributed by atoms with van der Waals surface area (Å²) in [6.45, 7) is 4.39. The molecule has 178 valence electrons. The third-order valence-corrected chi connectivity index (χ3v) is 5.24. The molecule has 0 aliphatic carbocycles. The quantitative estimate of drug-likeness (QED) is 0.105. The molecule has 0 heterocycles. The van der Waals surface area contributed by atoms with E-state index in [4.69, 9.17) is 9.84 Å². The number of carboxylic acids is 1. The van der Waals surface area contributed by atoms with Gasteiger partial charge in [-0.3, -0.25) is 4.79 Å². The average molecular weight is 433 g/mol. The number of aliphatic carboxylic acids is 1. The van der Waals surface area contributed by atoms with Crippen molar-refractivity contribution in [3.63, 3.8) is 0 Å². The fourth-order valence-electron chi connectivity index (χ4n) is 3.34. The molecule has 0 fully saturated rings. The number of carbonyl (C=O) groups is 1. The van der Waals surface area contributed by atoms with Crippen LogP contribution in [0, 0.1) is 0 Å². The van der Waals surface area contributed by atoms with E-state index >= 15 is 0 Å². The molecule has 0 unspecified atom stereocenters. The van der Waals surface area contributed by atoms with Crippen LogP contribution < -0.4 is 0 Å². The molecule has 31 heavy (non-hydrogen) atoms. The Bertz CT molecular complexity index is 514. The predicted octanol–water partition coefficient (Wildman–Crippen LogP) is 9.27. The van der Waals surface area contributed by atoms with Gasteiger partial charge in [-0.15, -0.1) is 0 Å². The molecule has 0 atom stereocenters. The maximum absolute atomic E-state index is 10.5. The molecule has 3 heteroatoms. The molecule has 1 N–H and O–H groups in total. The molecule has 0 aliphatic heterocycles. The topological polar surface area (TPSA) is 46.5 Å². The summed E-state index contributed by atoms with van der Waals surface area (Å²) in [4.78, 5) is 10.5. The molecule has 0 amide bonds. The molecule has 0 saturated carbocycles. The summed E-state index contributed by atoms with van der Waals surface area (Å²) < 4.78 is 5.87. The Morgan fingerprint density at radius 2 is 1.32 bits per heavy atom. The second-order valence-corrected chi connectivity index (χ2v) is 8.27. The molecule has 3 nitrogen and oxygen atoms in total. The molecular weight excluding hydrogens is 384 g/mol. The van der Waals surface area contributed by atoms with Gasteiger partial charge in [-0.25, -0.2) is 0 Å². The molecule has 0 saturated heterocycles. The Balaban J connectivity index is 4.13. The fourth-order valence-corrected chi connectivity index (χ4v) is 3.34. The normalized spacial score (nSPS) is 12.5. The van der Waals surface area contributed by atoms with E-state index in [0.29, 0.717) is 6.42 Å². The van der Waals surface area contributed by atoms with Gasteiger partial charge >= 0.3 is 5.97 Å². The number of ether oxygens (including phenoxy) is 1. The Kier molecular flexibility index (Phi) is 23.1. The van der Waals surface area contributed by atoms with Crippen LogP contribution in [0.1, 0.15) is 123 Å². The van der Waals surface area contributed by atoms with Crippen LogP contribution in [0.3, 0.4) is 0 Å². The van der Waals surface area contributed by atoms with Crippen LogP contribution in [-0.2, 0) is 9.53 Å². The van der Waals surface area contributed by atoms with Gasteiger partial charge in [0, 0.05) is 12.8 Å². The highest BCUT2D eigenvalue weighted by atomic mass is 16.5. The Morgan fingerprint density at radius 3 is 1.97 bits per heavy atom. The van der Waals surface area contributed by atoms with Crippen molar-refractivity contribution in [3.8, 4) is 0 Å². The third kappa shape index (κ3) is 24.4. The second-order valence-electron chi connectivity index (χ2n) is 8.27. The lowest BCUT2D eigenvalue weighted by Crippen LogP contribution is -1.93. The lowest BCUT2D eigenvalue weighted by Gasteiger charge is -2.06. The fraction of sp³-hybridized carbons (Fsp3) is 0.679. The largest absolute Gasteiger partial charge is 0.481 e. The first-order chi connectivity index (χ1) is 15.2. The highest BCUT2D eigenvalue weighted by molar-refractivity contribution is 5.66. The van der Waals surface area contributed by atoms with Crippen LogP contribution in [0.25, 0.3) is 0 Å². The van der Waals surface area contributed by atoms with Crippen molar-refractivity contribution in [2.75, 3.05) is 0 Å². The van der Waals surface area contributed by atoms with E-state index in [2.05, 4.69) is 38.2 Å². The minimum Gasteiger partial charge on any atom is -0.481 e. The van der Waals surface area contributed by atoms with E-state index in [1.54, 1.807) is 6.26 Å². The van der Waals surface area contributed by atoms with Gasteiger partial charge in [0.05, 0.1) is 6.26 Å². The molecule has 0 aromatic heterocycles. The van der Waals surface area contributed by atoms with E-state index < -0.39 is 5.97 Å². The second kappa shape index (κ2) is 24.5. The minimum atomic E-state index is -0.684. The summed E-state index contributed by atoms with van der Waals surface area (Å²) in [6, 6.07) is 0. The van der Waals surface area contributed by atoms with Crippen molar-refractivity contribution in [2.24, 2.45) is 0 Å². The van der Waals surface area contributed by atoms with Gasteiger partial charge in [0.15, 0.2) is 0 Å². The number of carboxylic acid groups (broad SMARTS) is 1. The van der Waals surface area contributed by atoms with E-state index in [9.17, 15) is 4.79 Å². The van der Waals surface area contributed by atoms with Crippen LogP contribution in [0.15, 0.2) is 48.5 Å². The molecule has 0 aromatic carbocycles. The van der Waals surface area contributed by atoms with Gasteiger partial charge in [-0.05, 0) is 44.3 Å². The molecule has 0 bridgehead atoms. The Morgan fingerprint density at radius 1 is 0.710 bits per heavy atom. The van der Waals surface area contributed by atoms with Crippen LogP contribution in [-0.4, -0.2) is 11.1 Å². The monoisotopic (exact) mass is 432 g/mol. The number of unbranched alkanes of at least 4 members (excludes halogenated alkanes) is 12. The Hall–Kier alpha value is -1.77. The first-order valence-electron chi connectivity index (χ1n) is 12.8. The molecular formula is C28H48O3. The zero-order chi connectivity index (χ0) is 22.8. The van der Waals surface area contributed by atoms with E-state index in [1.807, 2.05) is 12.2 Å². The van der Waals surface area contributed by atoms with Gasteiger partial charge in [0.25, 0.3) is 0 Å². The Labute approximate surface area is 192 Å². The standard InChI is InChI=1S/C28H48O3/c1-3-5-7-9-10-13-16-19-23-27(31-26-22-8-6-4-2)24-20-17-14-11-12-15-18-21-25-28(29)30/h6,8,17,20,22,24,26H,3-5,7,9-16,18-19,21,23,25H2,1-2H3,(H,29,30). The smallest absolute Gasteiger partial charge is 0.303 e. The van der Waals surface area contributed by atoms with Crippen molar-refractivity contribution in [1.82, 2.24) is 0 Å². The van der Waals surface area contributed by atoms with Gasteiger partial charge < -0.3 is 9.84 Å². The van der Waals surface area contributed by atoms with Crippen LogP contribution >= 0.6 is 0 Å². The summed E-state index contributed by atoms with van der Waals surface area (Å²) in [5.74, 6) is 0.355. The van der Waals surface area contributed by atoms with E-state index in [0.717, 1.165) is 50.7 Å². The number of rotatable bonds is 22. The van der Waals surface area contributed by atoms with Crippen LogP contribution in [0.2, 0.25) is 0 Å². The summed E-state index contributed by atoms with van der Waals surface area (Å²) in [5.41, 5.74) is 0. The maximum atomic E-state index is 10.5. The molecule has 0 spiro atoms. The highest BCUT2D eigenvalue weighted by Gasteiger charge is 1.98. The first kappa shape index (κ1) is 29.2. The summed E-state index contributed by atoms with van der Waals surface area (Å²) >= 11 is 0. The summed E-state index contributed by atoms with van der Waals surface area (Å²) in [5, 5.41) is 8.64. The number of allylic oxidation sites excluding steroid dienone is 7. The van der Waals surface area contributed by atoms with Crippen LogP contribution in [0.4, 0.5) is 0 Å². The minimum absolute atomic E-state index is 0.301. The van der Waals surface area contributed by atoms with Gasteiger partial charge in [0.1, 0.15) is 5.76 Å². The van der Waals surface area contributed by atoms with Gasteiger partial charge in [0.2, 0.25) is 0 Å². The maximum Gasteiger partial charge on any atom is 0.303 e. The lowest BCUT2D eigenvalue weighted by atomic mass is 10.1. The number of hydrogen-bond acceptors (Lipinski definition) is 2.